The average Bonchev–Trinajstić information content (AvgIpc) is 2.45. The zero-order valence-electron chi connectivity index (χ0n) is 11.2. The highest BCUT2D eigenvalue weighted by molar-refractivity contribution is 6.31. The zero-order chi connectivity index (χ0) is 15.6. The molecule has 0 fully saturated rings. The molecule has 1 amide bonds. The Morgan fingerprint density at radius 3 is 2.48 bits per heavy atom. The second kappa shape index (κ2) is 6.10. The van der Waals surface area contributed by atoms with Crippen LogP contribution >= 0.6 is 11.6 Å². The minimum Gasteiger partial charge on any atom is -0.396 e. The summed E-state index contributed by atoms with van der Waals surface area (Å²) in [6.07, 6.45) is 0. The molecular formula is C15H13ClF2N2O. The SMILES string of the molecule is CN(Cc1c(F)cccc1Cl)C(=O)c1cccc(F)c1N. The van der Waals surface area contributed by atoms with E-state index in [1.807, 2.05) is 0 Å². The minimum absolute atomic E-state index is 0.0324. The van der Waals surface area contributed by atoms with Gasteiger partial charge in [0.1, 0.15) is 11.6 Å². The standard InChI is InChI=1S/C15H13ClF2N2O/c1-20(8-10-11(16)5-3-6-12(10)17)15(21)9-4-2-7-13(18)14(9)19/h2-7H,8,19H2,1H3. The van der Waals surface area contributed by atoms with Crippen molar-refractivity contribution in [2.45, 2.75) is 6.54 Å². The van der Waals surface area contributed by atoms with Crippen LogP contribution in [0.1, 0.15) is 15.9 Å². The highest BCUT2D eigenvalue weighted by Crippen LogP contribution is 2.22. The molecule has 0 unspecified atom stereocenters. The molecule has 3 nitrogen and oxygen atoms in total. The Kier molecular flexibility index (Phi) is 4.43. The number of carbonyl (C=O) groups is 1. The lowest BCUT2D eigenvalue weighted by Gasteiger charge is -2.19. The van der Waals surface area contributed by atoms with Crippen molar-refractivity contribution in [2.24, 2.45) is 0 Å². The van der Waals surface area contributed by atoms with Crippen LogP contribution in [-0.4, -0.2) is 17.9 Å². The van der Waals surface area contributed by atoms with Crippen molar-refractivity contribution >= 4 is 23.2 Å². The van der Waals surface area contributed by atoms with Crippen LogP contribution in [0.3, 0.4) is 0 Å². The number of halogens is 3. The highest BCUT2D eigenvalue weighted by atomic mass is 35.5. The van der Waals surface area contributed by atoms with Gasteiger partial charge in [0.25, 0.3) is 5.91 Å². The molecule has 2 rings (SSSR count). The molecule has 110 valence electrons. The van der Waals surface area contributed by atoms with E-state index in [-0.39, 0.29) is 28.4 Å². The molecule has 6 heteroatoms. The Bertz CT molecular complexity index is 671. The van der Waals surface area contributed by atoms with Crippen LogP contribution in [0.25, 0.3) is 0 Å². The predicted octanol–water partition coefficient (Wildman–Crippen LogP) is 3.47. The normalized spacial score (nSPS) is 10.5. The fourth-order valence-electron chi connectivity index (χ4n) is 1.92. The molecule has 2 aromatic rings. The predicted molar refractivity (Wildman–Crippen MR) is 78.0 cm³/mol. The summed E-state index contributed by atoms with van der Waals surface area (Å²) in [4.78, 5) is 13.5. The number of rotatable bonds is 3. The third-order valence-corrected chi connectivity index (χ3v) is 3.44. The van der Waals surface area contributed by atoms with E-state index in [0.29, 0.717) is 0 Å². The maximum atomic E-state index is 13.7. The van der Waals surface area contributed by atoms with E-state index in [1.54, 1.807) is 0 Å². The van der Waals surface area contributed by atoms with Crippen molar-refractivity contribution in [3.63, 3.8) is 0 Å². The Morgan fingerprint density at radius 2 is 1.81 bits per heavy atom. The summed E-state index contributed by atoms with van der Waals surface area (Å²) in [5.41, 5.74) is 5.56. The molecule has 0 aliphatic heterocycles. The molecule has 2 aromatic carbocycles. The highest BCUT2D eigenvalue weighted by Gasteiger charge is 2.19. The first-order chi connectivity index (χ1) is 9.91. The van der Waals surface area contributed by atoms with Crippen LogP contribution in [0.4, 0.5) is 14.5 Å². The Balaban J connectivity index is 2.26. The lowest BCUT2D eigenvalue weighted by molar-refractivity contribution is 0.0784. The van der Waals surface area contributed by atoms with E-state index in [1.165, 1.54) is 48.3 Å². The van der Waals surface area contributed by atoms with Crippen molar-refractivity contribution in [3.05, 3.63) is 64.2 Å². The number of para-hydroxylation sites is 1. The fraction of sp³-hybridized carbons (Fsp3) is 0.133. The van der Waals surface area contributed by atoms with Crippen molar-refractivity contribution in [1.82, 2.24) is 4.90 Å². The molecule has 0 spiro atoms. The van der Waals surface area contributed by atoms with Crippen LogP contribution in [-0.2, 0) is 6.54 Å². The van der Waals surface area contributed by atoms with E-state index >= 15 is 0 Å². The van der Waals surface area contributed by atoms with E-state index in [4.69, 9.17) is 17.3 Å². The first kappa shape index (κ1) is 15.3. The van der Waals surface area contributed by atoms with Gasteiger partial charge in [-0.25, -0.2) is 8.78 Å². The number of hydrogen-bond donors (Lipinski definition) is 1. The number of hydrogen-bond acceptors (Lipinski definition) is 2. The number of benzene rings is 2. The number of amides is 1. The number of carbonyl (C=O) groups excluding carboxylic acids is 1. The number of nitrogens with zero attached hydrogens (tertiary/aromatic N) is 1. The molecule has 0 aliphatic carbocycles. The van der Waals surface area contributed by atoms with E-state index in [9.17, 15) is 13.6 Å². The van der Waals surface area contributed by atoms with Gasteiger partial charge in [0.15, 0.2) is 0 Å². The first-order valence-corrected chi connectivity index (χ1v) is 6.52. The summed E-state index contributed by atoms with van der Waals surface area (Å²) in [6.45, 7) is -0.0414. The molecule has 21 heavy (non-hydrogen) atoms. The summed E-state index contributed by atoms with van der Waals surface area (Å²) >= 11 is 5.92. The summed E-state index contributed by atoms with van der Waals surface area (Å²) in [7, 11) is 1.47. The van der Waals surface area contributed by atoms with Gasteiger partial charge >= 0.3 is 0 Å². The molecule has 0 saturated heterocycles. The van der Waals surface area contributed by atoms with Gasteiger partial charge in [0.05, 0.1) is 11.3 Å². The summed E-state index contributed by atoms with van der Waals surface area (Å²) in [5.74, 6) is -1.68. The molecule has 0 bridgehead atoms. The third kappa shape index (κ3) is 3.13. The van der Waals surface area contributed by atoms with Gasteiger partial charge in [0.2, 0.25) is 0 Å². The Labute approximate surface area is 125 Å². The quantitative estimate of drug-likeness (QED) is 0.882. The number of nitrogen functional groups attached to an aromatic ring is 1. The van der Waals surface area contributed by atoms with Crippen LogP contribution in [0.2, 0.25) is 5.02 Å². The minimum atomic E-state index is -0.668. The van der Waals surface area contributed by atoms with E-state index in [2.05, 4.69) is 0 Å². The van der Waals surface area contributed by atoms with Gasteiger partial charge in [-0.3, -0.25) is 4.79 Å². The van der Waals surface area contributed by atoms with Crippen LogP contribution in [0.5, 0.6) is 0 Å². The van der Waals surface area contributed by atoms with Crippen molar-refractivity contribution in [3.8, 4) is 0 Å². The zero-order valence-corrected chi connectivity index (χ0v) is 12.0. The smallest absolute Gasteiger partial charge is 0.256 e. The largest absolute Gasteiger partial charge is 0.396 e. The molecule has 0 aliphatic rings. The van der Waals surface area contributed by atoms with E-state index in [0.717, 1.165) is 0 Å². The molecule has 0 radical (unpaired) electrons. The molecule has 2 N–H and O–H groups in total. The van der Waals surface area contributed by atoms with Crippen LogP contribution < -0.4 is 5.73 Å². The second-order valence-electron chi connectivity index (χ2n) is 4.56. The van der Waals surface area contributed by atoms with Crippen molar-refractivity contribution < 1.29 is 13.6 Å². The maximum Gasteiger partial charge on any atom is 0.256 e. The average molecular weight is 311 g/mol. The van der Waals surface area contributed by atoms with Gasteiger partial charge in [0, 0.05) is 24.2 Å². The van der Waals surface area contributed by atoms with Crippen molar-refractivity contribution in [1.29, 1.82) is 0 Å². The monoisotopic (exact) mass is 310 g/mol. The Morgan fingerprint density at radius 1 is 1.19 bits per heavy atom. The summed E-state index contributed by atoms with van der Waals surface area (Å²) in [5, 5.41) is 0.224. The first-order valence-electron chi connectivity index (χ1n) is 6.14. The van der Waals surface area contributed by atoms with Gasteiger partial charge in [-0.05, 0) is 24.3 Å². The maximum absolute atomic E-state index is 13.7. The lowest BCUT2D eigenvalue weighted by Crippen LogP contribution is -2.27. The molecule has 0 aromatic heterocycles. The number of nitrogens with two attached hydrogens (primary N) is 1. The topological polar surface area (TPSA) is 46.3 Å². The van der Waals surface area contributed by atoms with E-state index < -0.39 is 17.5 Å². The van der Waals surface area contributed by atoms with Gasteiger partial charge in [-0.15, -0.1) is 0 Å². The molecule has 0 atom stereocenters. The summed E-state index contributed by atoms with van der Waals surface area (Å²) < 4.78 is 27.1. The van der Waals surface area contributed by atoms with Gasteiger partial charge < -0.3 is 10.6 Å². The van der Waals surface area contributed by atoms with Crippen molar-refractivity contribution in [2.75, 3.05) is 12.8 Å². The van der Waals surface area contributed by atoms with Gasteiger partial charge in [-0.1, -0.05) is 23.7 Å². The fourth-order valence-corrected chi connectivity index (χ4v) is 2.14. The van der Waals surface area contributed by atoms with Gasteiger partial charge in [-0.2, -0.15) is 0 Å². The third-order valence-electron chi connectivity index (χ3n) is 3.09. The lowest BCUT2D eigenvalue weighted by atomic mass is 10.1. The second-order valence-corrected chi connectivity index (χ2v) is 4.97. The Hall–Kier alpha value is -2.14. The van der Waals surface area contributed by atoms with Crippen LogP contribution in [0, 0.1) is 11.6 Å². The number of anilines is 1. The summed E-state index contributed by atoms with van der Waals surface area (Å²) in [6, 6.07) is 8.25. The van der Waals surface area contributed by atoms with Crippen LogP contribution in [0.15, 0.2) is 36.4 Å². The molecule has 0 saturated carbocycles. The molecular weight excluding hydrogens is 298 g/mol. The molecule has 0 heterocycles.